The average molecular weight is 376 g/mol. The number of aromatic nitrogens is 1. The van der Waals surface area contributed by atoms with Gasteiger partial charge < -0.3 is 15.1 Å². The molecule has 4 rings (SSSR count). The van der Waals surface area contributed by atoms with Gasteiger partial charge in [-0.1, -0.05) is 24.3 Å². The predicted molar refractivity (Wildman–Crippen MR) is 102 cm³/mol. The van der Waals surface area contributed by atoms with E-state index in [0.717, 1.165) is 16.0 Å². The van der Waals surface area contributed by atoms with Crippen LogP contribution in [0.4, 0.5) is 16.2 Å². The summed E-state index contributed by atoms with van der Waals surface area (Å²) in [5, 5.41) is 5.19. The topological polar surface area (TPSA) is 105 Å². The van der Waals surface area contributed by atoms with Crippen molar-refractivity contribution in [3.8, 4) is 11.5 Å². The molecule has 1 aliphatic heterocycles. The van der Waals surface area contributed by atoms with E-state index in [-0.39, 0.29) is 18.1 Å². The van der Waals surface area contributed by atoms with Gasteiger partial charge in [-0.25, -0.2) is 14.7 Å². The highest BCUT2D eigenvalue weighted by molar-refractivity contribution is 6.20. The van der Waals surface area contributed by atoms with Crippen LogP contribution in [0.2, 0.25) is 0 Å². The molecule has 1 saturated heterocycles. The zero-order chi connectivity index (χ0) is 19.7. The van der Waals surface area contributed by atoms with Crippen molar-refractivity contribution in [1.82, 2.24) is 10.3 Å². The van der Waals surface area contributed by atoms with Gasteiger partial charge in [0.15, 0.2) is 5.69 Å². The molecule has 1 aliphatic rings. The molecule has 0 atom stereocenters. The van der Waals surface area contributed by atoms with Crippen LogP contribution in [0.3, 0.4) is 0 Å². The third kappa shape index (κ3) is 3.23. The van der Waals surface area contributed by atoms with Gasteiger partial charge in [0.2, 0.25) is 5.89 Å². The minimum atomic E-state index is -0.486. The zero-order valence-corrected chi connectivity index (χ0v) is 14.9. The number of rotatable bonds is 4. The van der Waals surface area contributed by atoms with Crippen molar-refractivity contribution in [2.45, 2.75) is 6.92 Å². The summed E-state index contributed by atoms with van der Waals surface area (Å²) in [5.74, 6) is -0.465. The maximum Gasteiger partial charge on any atom is 0.329 e. The third-order valence-electron chi connectivity index (χ3n) is 4.31. The summed E-state index contributed by atoms with van der Waals surface area (Å²) in [6, 6.07) is 13.7. The summed E-state index contributed by atoms with van der Waals surface area (Å²) in [4.78, 5) is 41.7. The quantitative estimate of drug-likeness (QED) is 0.681. The molecule has 1 fully saturated rings. The summed E-state index contributed by atoms with van der Waals surface area (Å²) in [5.41, 5.74) is 2.47. The van der Waals surface area contributed by atoms with Gasteiger partial charge in [0, 0.05) is 11.3 Å². The molecule has 2 heterocycles. The molecule has 28 heavy (non-hydrogen) atoms. The lowest BCUT2D eigenvalue weighted by Crippen LogP contribution is -2.31. The summed E-state index contributed by atoms with van der Waals surface area (Å²) >= 11 is 0. The molecule has 0 spiro atoms. The van der Waals surface area contributed by atoms with Crippen molar-refractivity contribution in [1.29, 1.82) is 0 Å². The average Bonchev–Trinajstić information content (AvgIpc) is 3.32. The van der Waals surface area contributed by atoms with E-state index in [4.69, 9.17) is 4.42 Å². The molecule has 140 valence electrons. The zero-order valence-electron chi connectivity index (χ0n) is 14.9. The van der Waals surface area contributed by atoms with Gasteiger partial charge in [0.1, 0.15) is 6.26 Å². The number of urea groups is 1. The Hall–Kier alpha value is -3.94. The first-order valence-corrected chi connectivity index (χ1v) is 8.56. The number of anilines is 2. The highest BCUT2D eigenvalue weighted by atomic mass is 16.3. The van der Waals surface area contributed by atoms with E-state index in [9.17, 15) is 14.4 Å². The largest absolute Gasteiger partial charge is 0.444 e. The molecule has 3 aromatic rings. The Morgan fingerprint density at radius 3 is 2.68 bits per heavy atom. The standard InChI is InChI=1S/C20H16N4O4/c1-12-7-8-14(9-16(12)24-17(25)10-21-20(24)27)22-18(26)15-11-28-19(23-15)13-5-3-2-4-6-13/h2-9,11H,10H2,1H3,(H,21,27)(H,22,26). The lowest BCUT2D eigenvalue weighted by Gasteiger charge is -2.16. The molecule has 0 saturated carbocycles. The number of carbonyl (C=O) groups is 3. The number of hydrogen-bond acceptors (Lipinski definition) is 5. The second kappa shape index (κ2) is 6.99. The second-order valence-electron chi connectivity index (χ2n) is 6.25. The molecule has 8 nitrogen and oxygen atoms in total. The fourth-order valence-electron chi connectivity index (χ4n) is 2.88. The van der Waals surface area contributed by atoms with E-state index in [1.165, 1.54) is 6.26 Å². The normalized spacial score (nSPS) is 13.5. The lowest BCUT2D eigenvalue weighted by molar-refractivity contribution is -0.115. The van der Waals surface area contributed by atoms with Crippen molar-refractivity contribution in [3.63, 3.8) is 0 Å². The molecule has 0 unspecified atom stereocenters. The summed E-state index contributed by atoms with van der Waals surface area (Å²) in [6.07, 6.45) is 1.28. The Labute approximate surface area is 160 Å². The molecule has 1 aromatic heterocycles. The van der Waals surface area contributed by atoms with Gasteiger partial charge >= 0.3 is 6.03 Å². The summed E-state index contributed by atoms with van der Waals surface area (Å²) in [6.45, 7) is 1.74. The number of carbonyl (C=O) groups excluding carboxylic acids is 3. The first-order valence-electron chi connectivity index (χ1n) is 8.56. The number of nitrogens with one attached hydrogen (secondary N) is 2. The number of aryl methyl sites for hydroxylation is 1. The van der Waals surface area contributed by atoms with E-state index >= 15 is 0 Å². The molecule has 8 heteroatoms. The number of oxazole rings is 1. The fourth-order valence-corrected chi connectivity index (χ4v) is 2.88. The molecule has 2 aromatic carbocycles. The van der Waals surface area contributed by atoms with Gasteiger partial charge in [0.05, 0.1) is 12.2 Å². The van der Waals surface area contributed by atoms with E-state index in [1.54, 1.807) is 25.1 Å². The SMILES string of the molecule is Cc1ccc(NC(=O)c2coc(-c3ccccc3)n2)cc1N1C(=O)CNC1=O. The van der Waals surface area contributed by atoms with Crippen LogP contribution < -0.4 is 15.5 Å². The summed E-state index contributed by atoms with van der Waals surface area (Å²) in [7, 11) is 0. The molecular weight excluding hydrogens is 360 g/mol. The van der Waals surface area contributed by atoms with Gasteiger partial charge in [-0.05, 0) is 36.8 Å². The van der Waals surface area contributed by atoms with E-state index in [0.29, 0.717) is 17.3 Å². The second-order valence-corrected chi connectivity index (χ2v) is 6.25. The highest BCUT2D eigenvalue weighted by Gasteiger charge is 2.31. The Morgan fingerprint density at radius 2 is 1.96 bits per heavy atom. The van der Waals surface area contributed by atoms with Crippen LogP contribution >= 0.6 is 0 Å². The van der Waals surface area contributed by atoms with Crippen molar-refractivity contribution in [2.24, 2.45) is 0 Å². The number of hydrogen-bond donors (Lipinski definition) is 2. The Bertz CT molecular complexity index is 1060. The predicted octanol–water partition coefficient (Wildman–Crippen LogP) is 2.96. The number of imide groups is 1. The molecular formula is C20H16N4O4. The Kier molecular flexibility index (Phi) is 4.36. The van der Waals surface area contributed by atoms with E-state index in [1.807, 2.05) is 30.3 Å². The number of amides is 4. The van der Waals surface area contributed by atoms with Crippen LogP contribution in [0.1, 0.15) is 16.1 Å². The van der Waals surface area contributed by atoms with Gasteiger partial charge in [-0.3, -0.25) is 9.59 Å². The minimum absolute atomic E-state index is 0.0456. The van der Waals surface area contributed by atoms with Crippen molar-refractivity contribution >= 4 is 29.2 Å². The van der Waals surface area contributed by atoms with E-state index < -0.39 is 11.9 Å². The fraction of sp³-hybridized carbons (Fsp3) is 0.100. The smallest absolute Gasteiger partial charge is 0.329 e. The van der Waals surface area contributed by atoms with Gasteiger partial charge in [-0.15, -0.1) is 0 Å². The maximum absolute atomic E-state index is 12.5. The first-order chi connectivity index (χ1) is 13.5. The van der Waals surface area contributed by atoms with E-state index in [2.05, 4.69) is 15.6 Å². The Balaban J connectivity index is 1.56. The highest BCUT2D eigenvalue weighted by Crippen LogP contribution is 2.26. The monoisotopic (exact) mass is 376 g/mol. The van der Waals surface area contributed by atoms with Crippen LogP contribution in [-0.4, -0.2) is 29.4 Å². The molecule has 4 amide bonds. The van der Waals surface area contributed by atoms with Crippen molar-refractivity contribution in [2.75, 3.05) is 16.8 Å². The molecule has 0 radical (unpaired) electrons. The van der Waals surface area contributed by atoms with Crippen LogP contribution in [-0.2, 0) is 4.79 Å². The number of nitrogens with zero attached hydrogens (tertiary/aromatic N) is 2. The molecule has 0 bridgehead atoms. The summed E-state index contributed by atoms with van der Waals surface area (Å²) < 4.78 is 5.38. The lowest BCUT2D eigenvalue weighted by atomic mass is 10.1. The minimum Gasteiger partial charge on any atom is -0.444 e. The number of benzene rings is 2. The van der Waals surface area contributed by atoms with Gasteiger partial charge in [0.25, 0.3) is 11.8 Å². The van der Waals surface area contributed by atoms with Gasteiger partial charge in [-0.2, -0.15) is 0 Å². The van der Waals surface area contributed by atoms with Crippen LogP contribution in [0, 0.1) is 6.92 Å². The third-order valence-corrected chi connectivity index (χ3v) is 4.31. The Morgan fingerprint density at radius 1 is 1.18 bits per heavy atom. The van der Waals surface area contributed by atoms with Crippen LogP contribution in [0.5, 0.6) is 0 Å². The van der Waals surface area contributed by atoms with Crippen molar-refractivity contribution < 1.29 is 18.8 Å². The van der Waals surface area contributed by atoms with Crippen LogP contribution in [0.25, 0.3) is 11.5 Å². The molecule has 0 aliphatic carbocycles. The maximum atomic E-state index is 12.5. The molecule has 2 N–H and O–H groups in total. The van der Waals surface area contributed by atoms with Crippen molar-refractivity contribution in [3.05, 3.63) is 66.1 Å². The van der Waals surface area contributed by atoms with Crippen LogP contribution in [0.15, 0.2) is 59.2 Å². The first kappa shape index (κ1) is 17.5.